The number of amides is 1. The third kappa shape index (κ3) is 6.98. The minimum absolute atomic E-state index is 0. The van der Waals surface area contributed by atoms with Crippen molar-refractivity contribution < 1.29 is 13.2 Å². The number of sulfone groups is 1. The molecule has 5 nitrogen and oxygen atoms in total. The minimum atomic E-state index is -3.13. The van der Waals surface area contributed by atoms with Gasteiger partial charge in [0.1, 0.15) is 0 Å². The maximum absolute atomic E-state index is 12.3. The lowest BCUT2D eigenvalue weighted by molar-refractivity contribution is -0.134. The van der Waals surface area contributed by atoms with Crippen molar-refractivity contribution in [3.63, 3.8) is 0 Å². The van der Waals surface area contributed by atoms with E-state index in [1.54, 1.807) is 4.90 Å². The maximum atomic E-state index is 12.3. The molecule has 0 spiro atoms. The van der Waals surface area contributed by atoms with E-state index in [1.807, 2.05) is 20.8 Å². The molecule has 7 heteroatoms. The third-order valence-electron chi connectivity index (χ3n) is 3.69. The quantitative estimate of drug-likeness (QED) is 0.796. The standard InChI is InChI=1S/C14H28N2O3S.ClH/c1-11(2)10-20(18,19)9-7-14(17)16-8-5-4-6-13(16)12(3)15;/h11-13H,4-10,15H2,1-3H3;1H. The largest absolute Gasteiger partial charge is 0.338 e. The van der Waals surface area contributed by atoms with Crippen molar-refractivity contribution in [1.29, 1.82) is 0 Å². The fourth-order valence-corrected chi connectivity index (χ4v) is 4.46. The molecule has 1 amide bonds. The molecule has 2 unspecified atom stereocenters. The lowest BCUT2D eigenvalue weighted by Gasteiger charge is -2.38. The highest BCUT2D eigenvalue weighted by Crippen LogP contribution is 2.20. The summed E-state index contributed by atoms with van der Waals surface area (Å²) >= 11 is 0. The number of likely N-dealkylation sites (tertiary alicyclic amines) is 1. The molecule has 0 aromatic heterocycles. The van der Waals surface area contributed by atoms with Crippen molar-refractivity contribution in [2.24, 2.45) is 11.7 Å². The molecule has 0 bridgehead atoms. The Kier molecular flexibility index (Phi) is 8.81. The van der Waals surface area contributed by atoms with Crippen molar-refractivity contribution in [2.75, 3.05) is 18.1 Å². The van der Waals surface area contributed by atoms with E-state index < -0.39 is 9.84 Å². The van der Waals surface area contributed by atoms with Gasteiger partial charge in [-0.05, 0) is 32.1 Å². The number of nitrogens with two attached hydrogens (primary N) is 1. The Morgan fingerprint density at radius 1 is 1.29 bits per heavy atom. The zero-order chi connectivity index (χ0) is 15.3. The number of hydrogen-bond acceptors (Lipinski definition) is 4. The number of carbonyl (C=O) groups excluding carboxylic acids is 1. The van der Waals surface area contributed by atoms with Crippen molar-refractivity contribution in [1.82, 2.24) is 4.90 Å². The van der Waals surface area contributed by atoms with Crippen molar-refractivity contribution >= 4 is 28.2 Å². The zero-order valence-electron chi connectivity index (χ0n) is 13.2. The molecular weight excluding hydrogens is 312 g/mol. The monoisotopic (exact) mass is 340 g/mol. The lowest BCUT2D eigenvalue weighted by atomic mass is 9.96. The van der Waals surface area contributed by atoms with E-state index in [4.69, 9.17) is 5.73 Å². The first-order valence-corrected chi connectivity index (χ1v) is 9.30. The van der Waals surface area contributed by atoms with Gasteiger partial charge in [-0.3, -0.25) is 4.79 Å². The summed E-state index contributed by atoms with van der Waals surface area (Å²) in [5, 5.41) is 0. The lowest BCUT2D eigenvalue weighted by Crippen LogP contribution is -2.51. The number of carbonyl (C=O) groups is 1. The topological polar surface area (TPSA) is 80.5 Å². The summed E-state index contributed by atoms with van der Waals surface area (Å²) < 4.78 is 23.7. The molecule has 1 fully saturated rings. The van der Waals surface area contributed by atoms with E-state index >= 15 is 0 Å². The van der Waals surface area contributed by atoms with Crippen LogP contribution in [0.15, 0.2) is 0 Å². The van der Waals surface area contributed by atoms with E-state index in [2.05, 4.69) is 0 Å². The molecule has 0 aromatic carbocycles. The number of nitrogens with zero attached hydrogens (tertiary/aromatic N) is 1. The number of rotatable bonds is 6. The van der Waals surface area contributed by atoms with Gasteiger partial charge in [-0.15, -0.1) is 12.4 Å². The van der Waals surface area contributed by atoms with Gasteiger partial charge >= 0.3 is 0 Å². The van der Waals surface area contributed by atoms with E-state index in [0.29, 0.717) is 6.54 Å². The van der Waals surface area contributed by atoms with Gasteiger partial charge < -0.3 is 10.6 Å². The predicted octanol–water partition coefficient (Wildman–Crippen LogP) is 1.60. The van der Waals surface area contributed by atoms with Crippen LogP contribution in [0, 0.1) is 5.92 Å². The Balaban J connectivity index is 0.00000400. The highest BCUT2D eigenvalue weighted by atomic mass is 35.5. The van der Waals surface area contributed by atoms with Crippen molar-refractivity contribution in [3.05, 3.63) is 0 Å². The summed E-state index contributed by atoms with van der Waals surface area (Å²) in [6.07, 6.45) is 3.07. The summed E-state index contributed by atoms with van der Waals surface area (Å²) in [5.41, 5.74) is 5.93. The summed E-state index contributed by atoms with van der Waals surface area (Å²) in [6.45, 7) is 6.35. The first-order valence-electron chi connectivity index (χ1n) is 7.48. The summed E-state index contributed by atoms with van der Waals surface area (Å²) in [6, 6.07) is -0.00410. The van der Waals surface area contributed by atoms with Gasteiger partial charge in [-0.1, -0.05) is 13.8 Å². The Labute approximate surface area is 135 Å². The molecule has 1 aliphatic heterocycles. The van der Waals surface area contributed by atoms with Crippen LogP contribution in [0.1, 0.15) is 46.5 Å². The fourth-order valence-electron chi connectivity index (χ4n) is 2.79. The summed E-state index contributed by atoms with van der Waals surface area (Å²) in [5.74, 6) is 0.129. The van der Waals surface area contributed by atoms with Gasteiger partial charge in [-0.25, -0.2) is 8.42 Å². The smallest absolute Gasteiger partial charge is 0.223 e. The van der Waals surface area contributed by atoms with Crippen LogP contribution in [0.5, 0.6) is 0 Å². The molecule has 21 heavy (non-hydrogen) atoms. The molecule has 0 aromatic rings. The molecule has 2 N–H and O–H groups in total. The Morgan fingerprint density at radius 2 is 1.90 bits per heavy atom. The Hall–Kier alpha value is -0.330. The van der Waals surface area contributed by atoms with Crippen molar-refractivity contribution in [2.45, 2.75) is 58.5 Å². The zero-order valence-corrected chi connectivity index (χ0v) is 14.9. The highest BCUT2D eigenvalue weighted by molar-refractivity contribution is 7.91. The van der Waals surface area contributed by atoms with E-state index in [-0.39, 0.29) is 54.2 Å². The van der Waals surface area contributed by atoms with Crippen LogP contribution in [-0.2, 0) is 14.6 Å². The van der Waals surface area contributed by atoms with Crippen molar-refractivity contribution in [3.8, 4) is 0 Å². The second-order valence-electron chi connectivity index (χ2n) is 6.27. The van der Waals surface area contributed by atoms with Gasteiger partial charge in [-0.2, -0.15) is 0 Å². The molecule has 0 saturated carbocycles. The molecule has 1 heterocycles. The average Bonchev–Trinajstić information content (AvgIpc) is 2.34. The van der Waals surface area contributed by atoms with Gasteiger partial charge in [0.15, 0.2) is 9.84 Å². The second-order valence-corrected chi connectivity index (χ2v) is 8.50. The van der Waals surface area contributed by atoms with Gasteiger partial charge in [0, 0.05) is 25.0 Å². The number of piperidine rings is 1. The van der Waals surface area contributed by atoms with Crippen LogP contribution < -0.4 is 5.73 Å². The molecular formula is C14H29ClN2O3S. The molecule has 1 rings (SSSR count). The van der Waals surface area contributed by atoms with Gasteiger partial charge in [0.2, 0.25) is 5.91 Å². The van der Waals surface area contributed by atoms with Crippen LogP contribution in [0.4, 0.5) is 0 Å². The Morgan fingerprint density at radius 3 is 2.43 bits per heavy atom. The SMILES string of the molecule is CC(C)CS(=O)(=O)CCC(=O)N1CCCCC1C(C)N.Cl. The van der Waals surface area contributed by atoms with Crippen LogP contribution in [0.2, 0.25) is 0 Å². The molecule has 1 aliphatic rings. The minimum Gasteiger partial charge on any atom is -0.338 e. The third-order valence-corrected chi connectivity index (χ3v) is 5.69. The first-order chi connectivity index (χ1) is 9.23. The molecule has 0 aliphatic carbocycles. The summed E-state index contributed by atoms with van der Waals surface area (Å²) in [7, 11) is -3.13. The number of hydrogen-bond donors (Lipinski definition) is 1. The molecule has 126 valence electrons. The van der Waals surface area contributed by atoms with Gasteiger partial charge in [0.25, 0.3) is 0 Å². The van der Waals surface area contributed by atoms with Gasteiger partial charge in [0.05, 0.1) is 11.5 Å². The van der Waals surface area contributed by atoms with Crippen LogP contribution in [-0.4, -0.2) is 49.4 Å². The van der Waals surface area contributed by atoms with Crippen LogP contribution in [0.25, 0.3) is 0 Å². The maximum Gasteiger partial charge on any atom is 0.223 e. The highest BCUT2D eigenvalue weighted by Gasteiger charge is 2.29. The predicted molar refractivity (Wildman–Crippen MR) is 88.4 cm³/mol. The molecule has 0 radical (unpaired) electrons. The Bertz CT molecular complexity index is 424. The molecule has 2 atom stereocenters. The van der Waals surface area contributed by atoms with Crippen LogP contribution in [0.3, 0.4) is 0 Å². The second kappa shape index (κ2) is 8.96. The summed E-state index contributed by atoms with van der Waals surface area (Å²) in [4.78, 5) is 14.0. The van der Waals surface area contributed by atoms with E-state index in [0.717, 1.165) is 19.3 Å². The average molecular weight is 341 g/mol. The normalized spacial score (nSPS) is 21.0. The fraction of sp³-hybridized carbons (Fsp3) is 0.929. The first kappa shape index (κ1) is 20.7. The van der Waals surface area contributed by atoms with E-state index in [9.17, 15) is 13.2 Å². The number of halogens is 1. The molecule has 1 saturated heterocycles. The van der Waals surface area contributed by atoms with E-state index in [1.165, 1.54) is 0 Å². The van der Waals surface area contributed by atoms with Crippen LogP contribution >= 0.6 is 12.4 Å².